The normalized spacial score (nSPS) is 16.0. The Morgan fingerprint density at radius 1 is 0.857 bits per heavy atom. The molecule has 0 bridgehead atoms. The predicted octanol–water partition coefficient (Wildman–Crippen LogP) is 2.12. The number of piperazine rings is 1. The third-order valence-corrected chi connectivity index (χ3v) is 4.98. The van der Waals surface area contributed by atoms with Crippen molar-refractivity contribution in [3.8, 4) is 11.5 Å². The first-order valence-corrected chi connectivity index (χ1v) is 9.31. The van der Waals surface area contributed by atoms with Crippen LogP contribution in [0.15, 0.2) is 42.5 Å². The van der Waals surface area contributed by atoms with E-state index in [4.69, 9.17) is 9.47 Å². The zero-order valence-corrected chi connectivity index (χ0v) is 15.4. The molecular formula is C21H21FN2O4. The number of amides is 2. The topological polar surface area (TPSA) is 59.1 Å². The van der Waals surface area contributed by atoms with Crippen molar-refractivity contribution >= 4 is 11.8 Å². The summed E-state index contributed by atoms with van der Waals surface area (Å²) in [5, 5.41) is 0. The lowest BCUT2D eigenvalue weighted by atomic mass is 10.1. The summed E-state index contributed by atoms with van der Waals surface area (Å²) in [6.45, 7) is 2.89. The summed E-state index contributed by atoms with van der Waals surface area (Å²) < 4.78 is 24.0. The standard InChI is InChI=1S/C21H21FN2O4/c22-17-4-1-15(2-5-17)13-20(25)23-7-9-24(10-8-23)21(26)16-3-6-18-19(14-16)28-12-11-27-18/h1-6,14H,7-13H2. The van der Waals surface area contributed by atoms with Crippen LogP contribution in [-0.2, 0) is 11.2 Å². The van der Waals surface area contributed by atoms with Gasteiger partial charge in [-0.25, -0.2) is 4.39 Å². The van der Waals surface area contributed by atoms with E-state index >= 15 is 0 Å². The van der Waals surface area contributed by atoms with E-state index in [1.165, 1.54) is 12.1 Å². The Morgan fingerprint density at radius 3 is 2.21 bits per heavy atom. The number of halogens is 1. The van der Waals surface area contributed by atoms with E-state index < -0.39 is 0 Å². The molecule has 0 radical (unpaired) electrons. The highest BCUT2D eigenvalue weighted by Gasteiger charge is 2.26. The van der Waals surface area contributed by atoms with Crippen molar-refractivity contribution in [2.75, 3.05) is 39.4 Å². The van der Waals surface area contributed by atoms with Crippen molar-refractivity contribution in [3.63, 3.8) is 0 Å². The van der Waals surface area contributed by atoms with Gasteiger partial charge < -0.3 is 19.3 Å². The van der Waals surface area contributed by atoms with Crippen molar-refractivity contribution in [2.45, 2.75) is 6.42 Å². The van der Waals surface area contributed by atoms with Gasteiger partial charge in [0, 0.05) is 31.7 Å². The van der Waals surface area contributed by atoms with Gasteiger partial charge in [0.15, 0.2) is 11.5 Å². The molecule has 146 valence electrons. The highest BCUT2D eigenvalue weighted by molar-refractivity contribution is 5.95. The summed E-state index contributed by atoms with van der Waals surface area (Å²) in [6.07, 6.45) is 0.233. The van der Waals surface area contributed by atoms with Crippen LogP contribution in [0.1, 0.15) is 15.9 Å². The summed E-state index contributed by atoms with van der Waals surface area (Å²) in [6, 6.07) is 11.2. The number of carbonyl (C=O) groups is 2. The van der Waals surface area contributed by atoms with Gasteiger partial charge in [-0.1, -0.05) is 12.1 Å². The number of carbonyl (C=O) groups excluding carboxylic acids is 2. The maximum Gasteiger partial charge on any atom is 0.254 e. The number of nitrogens with zero attached hydrogens (tertiary/aromatic N) is 2. The zero-order chi connectivity index (χ0) is 19.5. The van der Waals surface area contributed by atoms with Gasteiger partial charge in [0.25, 0.3) is 5.91 Å². The van der Waals surface area contributed by atoms with Crippen LogP contribution in [0.2, 0.25) is 0 Å². The van der Waals surface area contributed by atoms with E-state index in [1.807, 2.05) is 0 Å². The molecule has 1 fully saturated rings. The number of ether oxygens (including phenoxy) is 2. The number of benzene rings is 2. The molecule has 2 aromatic rings. The summed E-state index contributed by atoms with van der Waals surface area (Å²) in [4.78, 5) is 28.7. The summed E-state index contributed by atoms with van der Waals surface area (Å²) >= 11 is 0. The second-order valence-electron chi connectivity index (χ2n) is 6.83. The molecule has 0 atom stereocenters. The van der Waals surface area contributed by atoms with Crippen LogP contribution in [-0.4, -0.2) is 61.0 Å². The number of hydrogen-bond acceptors (Lipinski definition) is 4. The Hall–Kier alpha value is -3.09. The predicted molar refractivity (Wildman–Crippen MR) is 100 cm³/mol. The fourth-order valence-corrected chi connectivity index (χ4v) is 3.41. The molecule has 0 N–H and O–H groups in total. The third kappa shape index (κ3) is 3.93. The minimum Gasteiger partial charge on any atom is -0.486 e. The quantitative estimate of drug-likeness (QED) is 0.814. The first-order chi connectivity index (χ1) is 13.6. The molecule has 0 aliphatic carbocycles. The van der Waals surface area contributed by atoms with E-state index in [0.717, 1.165) is 5.56 Å². The summed E-state index contributed by atoms with van der Waals surface area (Å²) in [5.74, 6) is 0.826. The van der Waals surface area contributed by atoms with Crippen molar-refractivity contribution in [1.29, 1.82) is 0 Å². The number of rotatable bonds is 3. The number of fused-ring (bicyclic) bond motifs is 1. The molecule has 2 aliphatic rings. The largest absolute Gasteiger partial charge is 0.486 e. The highest BCUT2D eigenvalue weighted by Crippen LogP contribution is 2.31. The molecule has 2 aliphatic heterocycles. The van der Waals surface area contributed by atoms with Crippen molar-refractivity contribution < 1.29 is 23.5 Å². The molecule has 0 unspecified atom stereocenters. The monoisotopic (exact) mass is 384 g/mol. The van der Waals surface area contributed by atoms with E-state index in [-0.39, 0.29) is 24.1 Å². The molecule has 28 heavy (non-hydrogen) atoms. The third-order valence-electron chi connectivity index (χ3n) is 4.98. The van der Waals surface area contributed by atoms with Crippen LogP contribution in [0.4, 0.5) is 4.39 Å². The van der Waals surface area contributed by atoms with Crippen LogP contribution in [0.25, 0.3) is 0 Å². The lowest BCUT2D eigenvalue weighted by Gasteiger charge is -2.35. The molecule has 2 aromatic carbocycles. The maximum absolute atomic E-state index is 13.0. The van der Waals surface area contributed by atoms with Gasteiger partial charge in [-0.15, -0.1) is 0 Å². The van der Waals surface area contributed by atoms with Gasteiger partial charge in [0.1, 0.15) is 19.0 Å². The van der Waals surface area contributed by atoms with Gasteiger partial charge in [-0.05, 0) is 35.9 Å². The molecule has 1 saturated heterocycles. The molecule has 7 heteroatoms. The van der Waals surface area contributed by atoms with Gasteiger partial charge in [0.2, 0.25) is 5.91 Å². The van der Waals surface area contributed by atoms with Gasteiger partial charge >= 0.3 is 0 Å². The molecule has 4 rings (SSSR count). The fraction of sp³-hybridized carbons (Fsp3) is 0.333. The molecule has 0 aromatic heterocycles. The molecule has 2 amide bonds. The van der Waals surface area contributed by atoms with E-state index in [0.29, 0.717) is 56.5 Å². The lowest BCUT2D eigenvalue weighted by molar-refractivity contribution is -0.131. The maximum atomic E-state index is 13.0. The van der Waals surface area contributed by atoms with E-state index in [2.05, 4.69) is 0 Å². The Morgan fingerprint density at radius 2 is 1.50 bits per heavy atom. The second kappa shape index (κ2) is 7.88. The summed E-state index contributed by atoms with van der Waals surface area (Å²) in [5.41, 5.74) is 1.33. The minimum atomic E-state index is -0.317. The molecule has 2 heterocycles. The van der Waals surface area contributed by atoms with Gasteiger partial charge in [0.05, 0.1) is 6.42 Å². The van der Waals surface area contributed by atoms with Gasteiger partial charge in [-0.3, -0.25) is 9.59 Å². The molecular weight excluding hydrogens is 363 g/mol. The fourth-order valence-electron chi connectivity index (χ4n) is 3.41. The number of hydrogen-bond donors (Lipinski definition) is 0. The van der Waals surface area contributed by atoms with E-state index in [9.17, 15) is 14.0 Å². The van der Waals surface area contributed by atoms with Crippen molar-refractivity contribution in [1.82, 2.24) is 9.80 Å². The van der Waals surface area contributed by atoms with Crippen molar-refractivity contribution in [3.05, 3.63) is 59.4 Å². The second-order valence-corrected chi connectivity index (χ2v) is 6.83. The van der Waals surface area contributed by atoms with Crippen LogP contribution < -0.4 is 9.47 Å². The van der Waals surface area contributed by atoms with Crippen LogP contribution in [0.5, 0.6) is 11.5 Å². The molecule has 6 nitrogen and oxygen atoms in total. The average molecular weight is 384 g/mol. The minimum absolute atomic E-state index is 0.0157. The Kier molecular flexibility index (Phi) is 5.14. The summed E-state index contributed by atoms with van der Waals surface area (Å²) in [7, 11) is 0. The molecule has 0 spiro atoms. The first-order valence-electron chi connectivity index (χ1n) is 9.31. The van der Waals surface area contributed by atoms with E-state index in [1.54, 1.807) is 40.1 Å². The SMILES string of the molecule is O=C(Cc1ccc(F)cc1)N1CCN(C(=O)c2ccc3c(c2)OCCO3)CC1. The van der Waals surface area contributed by atoms with Crippen LogP contribution >= 0.6 is 0 Å². The lowest BCUT2D eigenvalue weighted by Crippen LogP contribution is -2.51. The first kappa shape index (κ1) is 18.3. The Labute approximate surface area is 162 Å². The average Bonchev–Trinajstić information content (AvgIpc) is 2.74. The Balaban J connectivity index is 1.34. The van der Waals surface area contributed by atoms with Gasteiger partial charge in [-0.2, -0.15) is 0 Å². The van der Waals surface area contributed by atoms with Crippen LogP contribution in [0.3, 0.4) is 0 Å². The zero-order valence-electron chi connectivity index (χ0n) is 15.4. The van der Waals surface area contributed by atoms with Crippen LogP contribution in [0, 0.1) is 5.82 Å². The van der Waals surface area contributed by atoms with Crippen molar-refractivity contribution in [2.24, 2.45) is 0 Å². The highest BCUT2D eigenvalue weighted by atomic mass is 19.1. The smallest absolute Gasteiger partial charge is 0.254 e. The Bertz CT molecular complexity index is 876. The molecule has 0 saturated carbocycles.